The monoisotopic (exact) mass is 270 g/mol. The molecule has 0 aliphatic carbocycles. The Morgan fingerprint density at radius 2 is 1.65 bits per heavy atom. The van der Waals surface area contributed by atoms with Crippen LogP contribution in [0, 0.1) is 6.92 Å². The molecule has 20 heavy (non-hydrogen) atoms. The van der Waals surface area contributed by atoms with E-state index < -0.39 is 0 Å². The summed E-state index contributed by atoms with van der Waals surface area (Å²) in [4.78, 5) is 8.75. The zero-order valence-electron chi connectivity index (χ0n) is 12.4. The number of nitrogen functional groups attached to an aromatic ring is 1. The van der Waals surface area contributed by atoms with Crippen molar-refractivity contribution in [2.75, 3.05) is 11.1 Å². The van der Waals surface area contributed by atoms with Crippen molar-refractivity contribution in [3.63, 3.8) is 0 Å². The minimum absolute atomic E-state index is 0.556. The molecule has 1 aromatic heterocycles. The van der Waals surface area contributed by atoms with Gasteiger partial charge in [-0.2, -0.15) is 0 Å². The molecule has 3 N–H and O–H groups in total. The standard InChI is InChI=1S/C16H22N4/c1-4-12-6-8-13(9-7-12)10-18-16-11(3)15(17)19-14(5-2)20-16/h6-9H,4-5,10H2,1-3H3,(H3,17,18,19,20). The van der Waals surface area contributed by atoms with E-state index in [0.29, 0.717) is 5.82 Å². The smallest absolute Gasteiger partial charge is 0.135 e. The Morgan fingerprint density at radius 1 is 1.00 bits per heavy atom. The molecule has 0 spiro atoms. The molecule has 0 amide bonds. The molecule has 0 radical (unpaired) electrons. The van der Waals surface area contributed by atoms with Gasteiger partial charge in [0.2, 0.25) is 0 Å². The predicted molar refractivity (Wildman–Crippen MR) is 83.7 cm³/mol. The lowest BCUT2D eigenvalue weighted by Crippen LogP contribution is -2.09. The van der Waals surface area contributed by atoms with Gasteiger partial charge in [-0.1, -0.05) is 38.1 Å². The van der Waals surface area contributed by atoms with Gasteiger partial charge in [0.05, 0.1) is 0 Å². The summed E-state index contributed by atoms with van der Waals surface area (Å²) in [6.07, 6.45) is 1.85. The minimum Gasteiger partial charge on any atom is -0.383 e. The van der Waals surface area contributed by atoms with E-state index in [2.05, 4.69) is 46.5 Å². The van der Waals surface area contributed by atoms with E-state index in [1.54, 1.807) is 0 Å². The average Bonchev–Trinajstić information content (AvgIpc) is 2.49. The highest BCUT2D eigenvalue weighted by atomic mass is 15.1. The van der Waals surface area contributed by atoms with E-state index in [0.717, 1.165) is 36.6 Å². The molecule has 4 heteroatoms. The first-order valence-electron chi connectivity index (χ1n) is 7.08. The first-order valence-corrected chi connectivity index (χ1v) is 7.08. The van der Waals surface area contributed by atoms with Crippen LogP contribution < -0.4 is 11.1 Å². The molecule has 4 nitrogen and oxygen atoms in total. The molecule has 2 aromatic rings. The number of nitrogens with two attached hydrogens (primary N) is 1. The maximum Gasteiger partial charge on any atom is 0.135 e. The predicted octanol–water partition coefficient (Wildman–Crippen LogP) is 3.10. The van der Waals surface area contributed by atoms with Crippen molar-refractivity contribution in [3.05, 3.63) is 46.8 Å². The number of nitrogens with zero attached hydrogens (tertiary/aromatic N) is 2. The van der Waals surface area contributed by atoms with Crippen LogP contribution in [0.4, 0.5) is 11.6 Å². The molecular weight excluding hydrogens is 248 g/mol. The number of aromatic nitrogens is 2. The van der Waals surface area contributed by atoms with Crippen LogP contribution in [0.5, 0.6) is 0 Å². The normalized spacial score (nSPS) is 10.6. The Balaban J connectivity index is 2.11. The molecule has 0 saturated carbocycles. The quantitative estimate of drug-likeness (QED) is 0.876. The van der Waals surface area contributed by atoms with Crippen LogP contribution in [0.1, 0.15) is 36.4 Å². The third-order valence-corrected chi connectivity index (χ3v) is 3.44. The summed E-state index contributed by atoms with van der Waals surface area (Å²) < 4.78 is 0. The molecule has 1 aromatic carbocycles. The molecule has 2 rings (SSSR count). The Kier molecular flexibility index (Phi) is 4.56. The molecule has 0 fully saturated rings. The molecule has 0 aliphatic rings. The van der Waals surface area contributed by atoms with Gasteiger partial charge >= 0.3 is 0 Å². The topological polar surface area (TPSA) is 63.8 Å². The van der Waals surface area contributed by atoms with Crippen molar-refractivity contribution in [1.82, 2.24) is 9.97 Å². The second-order valence-electron chi connectivity index (χ2n) is 4.88. The van der Waals surface area contributed by atoms with Gasteiger partial charge < -0.3 is 11.1 Å². The van der Waals surface area contributed by atoms with Crippen LogP contribution >= 0.6 is 0 Å². The van der Waals surface area contributed by atoms with E-state index in [9.17, 15) is 0 Å². The average molecular weight is 270 g/mol. The molecule has 0 bridgehead atoms. The van der Waals surface area contributed by atoms with E-state index >= 15 is 0 Å². The lowest BCUT2D eigenvalue weighted by atomic mass is 10.1. The fourth-order valence-corrected chi connectivity index (χ4v) is 1.99. The SMILES string of the molecule is CCc1ccc(CNc2nc(CC)nc(N)c2C)cc1. The van der Waals surface area contributed by atoms with E-state index in [-0.39, 0.29) is 0 Å². The van der Waals surface area contributed by atoms with E-state index in [1.165, 1.54) is 11.1 Å². The van der Waals surface area contributed by atoms with Gasteiger partial charge in [0.1, 0.15) is 17.5 Å². The molecule has 1 heterocycles. The summed E-state index contributed by atoms with van der Waals surface area (Å²) in [7, 11) is 0. The van der Waals surface area contributed by atoms with Crippen LogP contribution in [0.25, 0.3) is 0 Å². The van der Waals surface area contributed by atoms with Crippen molar-refractivity contribution < 1.29 is 0 Å². The summed E-state index contributed by atoms with van der Waals surface area (Å²) in [5.41, 5.74) is 9.41. The zero-order chi connectivity index (χ0) is 14.5. The molecule has 0 saturated heterocycles. The van der Waals surface area contributed by atoms with Crippen molar-refractivity contribution in [1.29, 1.82) is 0 Å². The van der Waals surface area contributed by atoms with Crippen molar-refractivity contribution in [3.8, 4) is 0 Å². The highest BCUT2D eigenvalue weighted by molar-refractivity contribution is 5.55. The number of hydrogen-bond donors (Lipinski definition) is 2. The van der Waals surface area contributed by atoms with Crippen LogP contribution in [-0.2, 0) is 19.4 Å². The number of nitrogens with one attached hydrogen (secondary N) is 1. The van der Waals surface area contributed by atoms with Crippen LogP contribution in [0.3, 0.4) is 0 Å². The van der Waals surface area contributed by atoms with E-state index in [4.69, 9.17) is 5.73 Å². The maximum atomic E-state index is 5.91. The first kappa shape index (κ1) is 14.3. The van der Waals surface area contributed by atoms with Gasteiger partial charge in [0.15, 0.2) is 0 Å². The second-order valence-corrected chi connectivity index (χ2v) is 4.88. The lowest BCUT2D eigenvalue weighted by molar-refractivity contribution is 0.928. The third kappa shape index (κ3) is 3.26. The number of benzene rings is 1. The summed E-state index contributed by atoms with van der Waals surface area (Å²) in [6.45, 7) is 6.87. The van der Waals surface area contributed by atoms with Crippen molar-refractivity contribution in [2.45, 2.75) is 40.2 Å². The van der Waals surface area contributed by atoms with Gasteiger partial charge in [-0.25, -0.2) is 9.97 Å². The molecule has 0 aliphatic heterocycles. The zero-order valence-corrected chi connectivity index (χ0v) is 12.4. The highest BCUT2D eigenvalue weighted by Crippen LogP contribution is 2.18. The maximum absolute atomic E-state index is 5.91. The Bertz CT molecular complexity index is 576. The van der Waals surface area contributed by atoms with Crippen LogP contribution in [0.15, 0.2) is 24.3 Å². The number of hydrogen-bond acceptors (Lipinski definition) is 4. The van der Waals surface area contributed by atoms with Crippen molar-refractivity contribution >= 4 is 11.6 Å². The number of anilines is 2. The summed E-state index contributed by atoms with van der Waals surface area (Å²) in [5.74, 6) is 2.16. The van der Waals surface area contributed by atoms with Crippen LogP contribution in [-0.4, -0.2) is 9.97 Å². The van der Waals surface area contributed by atoms with Gasteiger partial charge in [-0.05, 0) is 24.5 Å². The highest BCUT2D eigenvalue weighted by Gasteiger charge is 2.07. The summed E-state index contributed by atoms with van der Waals surface area (Å²) in [6, 6.07) is 8.62. The summed E-state index contributed by atoms with van der Waals surface area (Å²) >= 11 is 0. The van der Waals surface area contributed by atoms with Crippen LogP contribution in [0.2, 0.25) is 0 Å². The molecule has 0 atom stereocenters. The fourth-order valence-electron chi connectivity index (χ4n) is 1.99. The Hall–Kier alpha value is -2.10. The van der Waals surface area contributed by atoms with E-state index in [1.807, 2.05) is 13.8 Å². The summed E-state index contributed by atoms with van der Waals surface area (Å²) in [5, 5.41) is 3.35. The van der Waals surface area contributed by atoms with Gasteiger partial charge in [0, 0.05) is 18.5 Å². The van der Waals surface area contributed by atoms with Gasteiger partial charge in [-0.3, -0.25) is 0 Å². The molecular formula is C16H22N4. The molecule has 0 unspecified atom stereocenters. The van der Waals surface area contributed by atoms with Gasteiger partial charge in [0.25, 0.3) is 0 Å². The molecule has 106 valence electrons. The minimum atomic E-state index is 0.556. The van der Waals surface area contributed by atoms with Crippen molar-refractivity contribution in [2.24, 2.45) is 0 Å². The Labute approximate surface area is 120 Å². The fraction of sp³-hybridized carbons (Fsp3) is 0.375. The van der Waals surface area contributed by atoms with Gasteiger partial charge in [-0.15, -0.1) is 0 Å². The third-order valence-electron chi connectivity index (χ3n) is 3.44. The number of rotatable bonds is 5. The lowest BCUT2D eigenvalue weighted by Gasteiger charge is -2.11. The number of aryl methyl sites for hydroxylation is 2. The Morgan fingerprint density at radius 3 is 2.25 bits per heavy atom. The second kappa shape index (κ2) is 6.37. The largest absolute Gasteiger partial charge is 0.383 e. The first-order chi connectivity index (χ1) is 9.63.